The number of carbonyl (C=O) groups excluding carboxylic acids is 1. The molecule has 1 atom stereocenters. The fraction of sp³-hybridized carbons (Fsp3) is 0.562. The number of halogens is 1. The molecule has 0 heterocycles. The zero-order chi connectivity index (χ0) is 15.0. The van der Waals surface area contributed by atoms with Crippen LogP contribution in [0.2, 0.25) is 0 Å². The quantitative estimate of drug-likeness (QED) is 0.744. The fourth-order valence-electron chi connectivity index (χ4n) is 2.23. The molecule has 0 bridgehead atoms. The van der Waals surface area contributed by atoms with E-state index in [9.17, 15) is 9.18 Å². The minimum absolute atomic E-state index is 0.0111. The molecule has 1 N–H and O–H groups in total. The molecule has 20 heavy (non-hydrogen) atoms. The lowest BCUT2D eigenvalue weighted by atomic mass is 9.87. The van der Waals surface area contributed by atoms with Crippen molar-refractivity contribution in [2.45, 2.75) is 32.6 Å². The van der Waals surface area contributed by atoms with Gasteiger partial charge in [0.25, 0.3) is 0 Å². The summed E-state index contributed by atoms with van der Waals surface area (Å²) in [7, 11) is 1.60. The Labute approximate surface area is 120 Å². The first-order valence-corrected chi connectivity index (χ1v) is 7.04. The Hall–Kier alpha value is -1.42. The van der Waals surface area contributed by atoms with E-state index < -0.39 is 0 Å². The number of rotatable bonds is 8. The van der Waals surface area contributed by atoms with E-state index in [1.165, 1.54) is 12.1 Å². The van der Waals surface area contributed by atoms with Crippen molar-refractivity contribution >= 4 is 5.91 Å². The number of hydrogen-bond acceptors (Lipinski definition) is 2. The van der Waals surface area contributed by atoms with E-state index in [2.05, 4.69) is 19.2 Å². The fourth-order valence-corrected chi connectivity index (χ4v) is 2.23. The van der Waals surface area contributed by atoms with Gasteiger partial charge in [-0.1, -0.05) is 26.0 Å². The smallest absolute Gasteiger partial charge is 0.220 e. The summed E-state index contributed by atoms with van der Waals surface area (Å²) in [4.78, 5) is 11.9. The van der Waals surface area contributed by atoms with Crippen LogP contribution in [0.5, 0.6) is 0 Å². The average molecular weight is 281 g/mol. The molecular formula is C16H24FNO2. The summed E-state index contributed by atoms with van der Waals surface area (Å²) in [5.74, 6) is 0.369. The van der Waals surface area contributed by atoms with Crippen LogP contribution in [0, 0.1) is 11.7 Å². The Morgan fingerprint density at radius 3 is 2.50 bits per heavy atom. The topological polar surface area (TPSA) is 38.3 Å². The van der Waals surface area contributed by atoms with Gasteiger partial charge >= 0.3 is 0 Å². The molecule has 0 fully saturated rings. The molecule has 112 valence electrons. The van der Waals surface area contributed by atoms with Crippen molar-refractivity contribution in [1.82, 2.24) is 5.32 Å². The van der Waals surface area contributed by atoms with E-state index in [-0.39, 0.29) is 17.6 Å². The van der Waals surface area contributed by atoms with Gasteiger partial charge in [-0.3, -0.25) is 4.79 Å². The molecule has 0 spiro atoms. The molecule has 0 aliphatic rings. The normalized spacial score (nSPS) is 12.4. The highest BCUT2D eigenvalue weighted by molar-refractivity contribution is 5.76. The van der Waals surface area contributed by atoms with Crippen LogP contribution in [0.25, 0.3) is 0 Å². The van der Waals surface area contributed by atoms with Crippen molar-refractivity contribution in [1.29, 1.82) is 0 Å². The van der Waals surface area contributed by atoms with Gasteiger partial charge in [-0.05, 0) is 36.0 Å². The summed E-state index contributed by atoms with van der Waals surface area (Å²) in [6.45, 7) is 5.28. The second kappa shape index (κ2) is 8.69. The van der Waals surface area contributed by atoms with Gasteiger partial charge in [0.05, 0.1) is 6.61 Å². The number of amides is 1. The molecule has 1 aromatic rings. The van der Waals surface area contributed by atoms with Crippen LogP contribution in [0.4, 0.5) is 4.39 Å². The van der Waals surface area contributed by atoms with E-state index in [0.29, 0.717) is 25.5 Å². The highest BCUT2D eigenvalue weighted by Gasteiger charge is 2.17. The van der Waals surface area contributed by atoms with Crippen LogP contribution in [0.3, 0.4) is 0 Å². The Balaban J connectivity index is 2.64. The van der Waals surface area contributed by atoms with Gasteiger partial charge < -0.3 is 10.1 Å². The maximum absolute atomic E-state index is 13.0. The molecular weight excluding hydrogens is 257 g/mol. The summed E-state index contributed by atoms with van der Waals surface area (Å²) >= 11 is 0. The number of methoxy groups -OCH3 is 1. The molecule has 0 aliphatic carbocycles. The third kappa shape index (κ3) is 6.15. The molecule has 0 saturated carbocycles. The van der Waals surface area contributed by atoms with Crippen molar-refractivity contribution in [3.05, 3.63) is 35.6 Å². The van der Waals surface area contributed by atoms with Crippen molar-refractivity contribution < 1.29 is 13.9 Å². The number of ether oxygens (including phenoxy) is 1. The van der Waals surface area contributed by atoms with Crippen molar-refractivity contribution in [3.8, 4) is 0 Å². The second-order valence-electron chi connectivity index (χ2n) is 5.42. The average Bonchev–Trinajstić information content (AvgIpc) is 2.38. The molecule has 0 aromatic heterocycles. The first-order valence-electron chi connectivity index (χ1n) is 7.04. The molecule has 0 radical (unpaired) electrons. The maximum Gasteiger partial charge on any atom is 0.220 e. The zero-order valence-electron chi connectivity index (χ0n) is 12.5. The Bertz CT molecular complexity index is 403. The van der Waals surface area contributed by atoms with Gasteiger partial charge in [0.2, 0.25) is 5.91 Å². The monoisotopic (exact) mass is 281 g/mol. The van der Waals surface area contributed by atoms with Crippen LogP contribution in [-0.2, 0) is 9.53 Å². The molecule has 3 nitrogen and oxygen atoms in total. The van der Waals surface area contributed by atoms with Crippen LogP contribution >= 0.6 is 0 Å². The van der Waals surface area contributed by atoms with Gasteiger partial charge in [0.1, 0.15) is 5.82 Å². The van der Waals surface area contributed by atoms with Gasteiger partial charge in [-0.15, -0.1) is 0 Å². The number of carbonyl (C=O) groups is 1. The minimum atomic E-state index is -0.249. The van der Waals surface area contributed by atoms with Crippen LogP contribution in [0.1, 0.15) is 38.2 Å². The van der Waals surface area contributed by atoms with Gasteiger partial charge in [-0.25, -0.2) is 4.39 Å². The molecule has 4 heteroatoms. The lowest BCUT2D eigenvalue weighted by Gasteiger charge is -2.19. The predicted octanol–water partition coefficient (Wildman–Crippen LogP) is 3.11. The third-order valence-corrected chi connectivity index (χ3v) is 3.16. The predicted molar refractivity (Wildman–Crippen MR) is 78.1 cm³/mol. The number of benzene rings is 1. The van der Waals surface area contributed by atoms with Crippen LogP contribution in [0.15, 0.2) is 24.3 Å². The first kappa shape index (κ1) is 16.6. The highest BCUT2D eigenvalue weighted by Crippen LogP contribution is 2.27. The minimum Gasteiger partial charge on any atom is -0.383 e. The Morgan fingerprint density at radius 2 is 1.95 bits per heavy atom. The van der Waals surface area contributed by atoms with Gasteiger partial charge in [0, 0.05) is 20.1 Å². The van der Waals surface area contributed by atoms with E-state index in [1.54, 1.807) is 19.2 Å². The largest absolute Gasteiger partial charge is 0.383 e. The molecule has 0 aliphatic heterocycles. The van der Waals surface area contributed by atoms with Gasteiger partial charge in [-0.2, -0.15) is 0 Å². The van der Waals surface area contributed by atoms with E-state index in [4.69, 9.17) is 4.74 Å². The number of nitrogens with one attached hydrogen (secondary N) is 1. The van der Waals surface area contributed by atoms with Crippen molar-refractivity contribution in [2.75, 3.05) is 20.3 Å². The Kier molecular flexibility index (Phi) is 7.23. The third-order valence-electron chi connectivity index (χ3n) is 3.16. The summed E-state index contributed by atoms with van der Waals surface area (Å²) in [5.41, 5.74) is 1.02. The molecule has 1 aromatic carbocycles. The summed E-state index contributed by atoms with van der Waals surface area (Å²) in [6.07, 6.45) is 1.33. The lowest BCUT2D eigenvalue weighted by molar-refractivity contribution is -0.121. The molecule has 1 amide bonds. The van der Waals surface area contributed by atoms with Crippen LogP contribution < -0.4 is 5.32 Å². The number of hydrogen-bond donors (Lipinski definition) is 1. The lowest BCUT2D eigenvalue weighted by Crippen LogP contribution is -2.28. The first-order chi connectivity index (χ1) is 9.52. The van der Waals surface area contributed by atoms with Gasteiger partial charge in [0.15, 0.2) is 0 Å². The second-order valence-corrected chi connectivity index (χ2v) is 5.42. The van der Waals surface area contributed by atoms with E-state index in [1.807, 2.05) is 0 Å². The molecule has 1 unspecified atom stereocenters. The van der Waals surface area contributed by atoms with Crippen LogP contribution in [-0.4, -0.2) is 26.2 Å². The maximum atomic E-state index is 13.0. The highest BCUT2D eigenvalue weighted by atomic mass is 19.1. The van der Waals surface area contributed by atoms with Crippen molar-refractivity contribution in [2.24, 2.45) is 5.92 Å². The van der Waals surface area contributed by atoms with E-state index in [0.717, 1.165) is 12.0 Å². The zero-order valence-corrected chi connectivity index (χ0v) is 12.5. The van der Waals surface area contributed by atoms with Crippen molar-refractivity contribution in [3.63, 3.8) is 0 Å². The Morgan fingerprint density at radius 1 is 1.30 bits per heavy atom. The summed E-state index contributed by atoms with van der Waals surface area (Å²) in [5, 5.41) is 2.83. The summed E-state index contributed by atoms with van der Waals surface area (Å²) < 4.78 is 17.9. The van der Waals surface area contributed by atoms with E-state index >= 15 is 0 Å². The summed E-state index contributed by atoms with van der Waals surface area (Å²) in [6, 6.07) is 6.44. The standard InChI is InChI=1S/C16H24FNO2/c1-12(2)10-14(11-16(19)18-8-9-20-3)13-4-6-15(17)7-5-13/h4-7,12,14H,8-11H2,1-3H3,(H,18,19). The molecule has 1 rings (SSSR count). The SMILES string of the molecule is COCCNC(=O)CC(CC(C)C)c1ccc(F)cc1. The molecule has 0 saturated heterocycles.